The number of hydrogen-bond acceptors (Lipinski definition) is 3. The third kappa shape index (κ3) is 3.09. The molecule has 19 heavy (non-hydrogen) atoms. The van der Waals surface area contributed by atoms with Crippen molar-refractivity contribution in [2.24, 2.45) is 5.73 Å². The molecule has 2 N–H and O–H groups in total. The average molecular weight is 259 g/mol. The molecule has 0 saturated heterocycles. The van der Waals surface area contributed by atoms with E-state index in [1.54, 1.807) is 25.4 Å². The van der Waals surface area contributed by atoms with Gasteiger partial charge in [-0.3, -0.25) is 4.98 Å². The van der Waals surface area contributed by atoms with E-state index in [0.717, 1.165) is 11.3 Å². The molecule has 0 aliphatic rings. The van der Waals surface area contributed by atoms with E-state index >= 15 is 0 Å². The van der Waals surface area contributed by atoms with Crippen molar-refractivity contribution in [1.82, 2.24) is 4.98 Å². The molecule has 0 radical (unpaired) electrons. The van der Waals surface area contributed by atoms with Crippen LogP contribution in [0.2, 0.25) is 0 Å². The predicted molar refractivity (Wildman–Crippen MR) is 75.3 cm³/mol. The molecule has 1 unspecified atom stereocenters. The first-order valence-electron chi connectivity index (χ1n) is 6.23. The molecule has 2 rings (SSSR count). The Hall–Kier alpha value is -1.94. The molecule has 0 aliphatic carbocycles. The fraction of sp³-hybridized carbons (Fsp3) is 0.267. The number of anilines is 1. The highest BCUT2D eigenvalue weighted by Gasteiger charge is 2.15. The Balaban J connectivity index is 2.29. The third-order valence-electron chi connectivity index (χ3n) is 3.04. The Morgan fingerprint density at radius 2 is 2.11 bits per heavy atom. The van der Waals surface area contributed by atoms with E-state index < -0.39 is 0 Å². The van der Waals surface area contributed by atoms with Gasteiger partial charge in [-0.05, 0) is 30.7 Å². The molecule has 1 heterocycles. The fourth-order valence-corrected chi connectivity index (χ4v) is 2.16. The quantitative estimate of drug-likeness (QED) is 0.918. The summed E-state index contributed by atoms with van der Waals surface area (Å²) < 4.78 is 13.9. The van der Waals surface area contributed by atoms with Crippen LogP contribution in [0.3, 0.4) is 0 Å². The van der Waals surface area contributed by atoms with Crippen LogP contribution in [0, 0.1) is 5.82 Å². The molecule has 0 fully saturated rings. The lowest BCUT2D eigenvalue weighted by atomic mass is 10.0. The lowest BCUT2D eigenvalue weighted by Crippen LogP contribution is -2.21. The molecule has 100 valence electrons. The lowest BCUT2D eigenvalue weighted by Gasteiger charge is -2.24. The maximum atomic E-state index is 13.9. The standard InChI is InChI=1S/C15H18FN3/c1-11(17)15-13(16)6-3-7-14(15)19(2)10-12-5-4-8-18-9-12/h3-9,11H,10,17H2,1-2H3. The van der Waals surface area contributed by atoms with Gasteiger partial charge < -0.3 is 10.6 Å². The minimum Gasteiger partial charge on any atom is -0.370 e. The van der Waals surface area contributed by atoms with E-state index in [0.29, 0.717) is 12.1 Å². The van der Waals surface area contributed by atoms with Crippen molar-refractivity contribution < 1.29 is 4.39 Å². The van der Waals surface area contributed by atoms with Gasteiger partial charge >= 0.3 is 0 Å². The maximum Gasteiger partial charge on any atom is 0.130 e. The number of aromatic nitrogens is 1. The highest BCUT2D eigenvalue weighted by molar-refractivity contribution is 5.55. The summed E-state index contributed by atoms with van der Waals surface area (Å²) in [5.41, 5.74) is 8.31. The van der Waals surface area contributed by atoms with E-state index in [2.05, 4.69) is 4.98 Å². The molecule has 0 amide bonds. The maximum absolute atomic E-state index is 13.9. The monoisotopic (exact) mass is 259 g/mol. The van der Waals surface area contributed by atoms with Crippen molar-refractivity contribution in [1.29, 1.82) is 0 Å². The zero-order chi connectivity index (χ0) is 13.8. The SMILES string of the molecule is CC(N)c1c(F)cccc1N(C)Cc1cccnc1. The van der Waals surface area contributed by atoms with Crippen LogP contribution in [0.1, 0.15) is 24.1 Å². The second kappa shape index (κ2) is 5.80. The first kappa shape index (κ1) is 13.5. The predicted octanol–water partition coefficient (Wildman–Crippen LogP) is 2.88. The largest absolute Gasteiger partial charge is 0.370 e. The first-order chi connectivity index (χ1) is 9.09. The van der Waals surface area contributed by atoms with Crippen molar-refractivity contribution in [2.45, 2.75) is 19.5 Å². The van der Waals surface area contributed by atoms with Gasteiger partial charge in [0.2, 0.25) is 0 Å². The summed E-state index contributed by atoms with van der Waals surface area (Å²) in [5, 5.41) is 0. The minimum absolute atomic E-state index is 0.259. The number of pyridine rings is 1. The van der Waals surface area contributed by atoms with Crippen LogP contribution in [0.25, 0.3) is 0 Å². The number of hydrogen-bond donors (Lipinski definition) is 1. The zero-order valence-electron chi connectivity index (χ0n) is 11.2. The zero-order valence-corrected chi connectivity index (χ0v) is 11.2. The summed E-state index contributed by atoms with van der Waals surface area (Å²) in [7, 11) is 1.92. The summed E-state index contributed by atoms with van der Waals surface area (Å²) in [4.78, 5) is 6.07. The van der Waals surface area contributed by atoms with Gasteiger partial charge in [0.15, 0.2) is 0 Å². The summed E-state index contributed by atoms with van der Waals surface area (Å²) in [5.74, 6) is -0.259. The normalized spacial score (nSPS) is 12.2. The number of nitrogens with two attached hydrogens (primary N) is 1. The first-order valence-corrected chi connectivity index (χ1v) is 6.23. The molecule has 4 heteroatoms. The van der Waals surface area contributed by atoms with Crippen molar-refractivity contribution in [2.75, 3.05) is 11.9 Å². The third-order valence-corrected chi connectivity index (χ3v) is 3.04. The van der Waals surface area contributed by atoms with Crippen molar-refractivity contribution in [3.8, 4) is 0 Å². The van der Waals surface area contributed by atoms with Crippen molar-refractivity contribution >= 4 is 5.69 Å². The Kier molecular flexibility index (Phi) is 4.12. The van der Waals surface area contributed by atoms with E-state index in [-0.39, 0.29) is 11.9 Å². The van der Waals surface area contributed by atoms with Gasteiger partial charge in [-0.2, -0.15) is 0 Å². The fourth-order valence-electron chi connectivity index (χ4n) is 2.16. The summed E-state index contributed by atoms with van der Waals surface area (Å²) in [6, 6.07) is 8.58. The smallest absolute Gasteiger partial charge is 0.130 e. The van der Waals surface area contributed by atoms with Crippen molar-refractivity contribution in [3.05, 3.63) is 59.7 Å². The van der Waals surface area contributed by atoms with E-state index in [1.165, 1.54) is 6.07 Å². The van der Waals surface area contributed by atoms with Crippen LogP contribution in [-0.2, 0) is 6.54 Å². The van der Waals surface area contributed by atoms with Gasteiger partial charge in [0.05, 0.1) is 0 Å². The highest BCUT2D eigenvalue weighted by atomic mass is 19.1. The van der Waals surface area contributed by atoms with Gasteiger partial charge in [-0.25, -0.2) is 4.39 Å². The molecule has 3 nitrogen and oxygen atoms in total. The number of halogens is 1. The second-order valence-corrected chi connectivity index (χ2v) is 4.68. The van der Waals surface area contributed by atoms with E-state index in [4.69, 9.17) is 5.73 Å². The molecule has 0 spiro atoms. The molecule has 1 atom stereocenters. The molecule has 2 aromatic rings. The van der Waals surface area contributed by atoms with Gasteiger partial charge in [-0.15, -0.1) is 0 Å². The number of benzene rings is 1. The summed E-state index contributed by atoms with van der Waals surface area (Å²) >= 11 is 0. The lowest BCUT2D eigenvalue weighted by molar-refractivity contribution is 0.592. The average Bonchev–Trinajstić information content (AvgIpc) is 2.39. The summed E-state index contributed by atoms with van der Waals surface area (Å²) in [6.45, 7) is 2.46. The van der Waals surface area contributed by atoms with Gasteiger partial charge in [0.1, 0.15) is 5.82 Å². The van der Waals surface area contributed by atoms with Gasteiger partial charge in [0.25, 0.3) is 0 Å². The van der Waals surface area contributed by atoms with Gasteiger partial charge in [0, 0.05) is 43.3 Å². The van der Waals surface area contributed by atoms with E-state index in [1.807, 2.05) is 30.1 Å². The molecule has 0 bridgehead atoms. The van der Waals surface area contributed by atoms with Crippen LogP contribution in [0.15, 0.2) is 42.7 Å². The molecular formula is C15H18FN3. The van der Waals surface area contributed by atoms with Crippen LogP contribution in [0.5, 0.6) is 0 Å². The number of rotatable bonds is 4. The summed E-state index contributed by atoms with van der Waals surface area (Å²) in [6.07, 6.45) is 3.54. The Morgan fingerprint density at radius 3 is 2.74 bits per heavy atom. The Bertz CT molecular complexity index is 540. The number of nitrogens with zero attached hydrogens (tertiary/aromatic N) is 2. The second-order valence-electron chi connectivity index (χ2n) is 4.68. The van der Waals surface area contributed by atoms with Gasteiger partial charge in [-0.1, -0.05) is 12.1 Å². The van der Waals surface area contributed by atoms with Crippen molar-refractivity contribution in [3.63, 3.8) is 0 Å². The molecule has 0 saturated carbocycles. The molecule has 0 aliphatic heterocycles. The molecule has 1 aromatic heterocycles. The Labute approximate surface area is 112 Å². The van der Waals surface area contributed by atoms with Crippen LogP contribution < -0.4 is 10.6 Å². The van der Waals surface area contributed by atoms with Crippen LogP contribution in [-0.4, -0.2) is 12.0 Å². The minimum atomic E-state index is -0.340. The van der Waals surface area contributed by atoms with Crippen LogP contribution in [0.4, 0.5) is 10.1 Å². The Morgan fingerprint density at radius 1 is 1.32 bits per heavy atom. The van der Waals surface area contributed by atoms with E-state index in [9.17, 15) is 4.39 Å². The molecule has 1 aromatic carbocycles. The van der Waals surface area contributed by atoms with Crippen LogP contribution >= 0.6 is 0 Å². The molecular weight excluding hydrogens is 241 g/mol. The highest BCUT2D eigenvalue weighted by Crippen LogP contribution is 2.27. The topological polar surface area (TPSA) is 42.1 Å².